The summed E-state index contributed by atoms with van der Waals surface area (Å²) in [7, 11) is 0. The molecule has 0 bridgehead atoms. The Labute approximate surface area is 112 Å². The third kappa shape index (κ3) is 2.03. The molecular formula is C15H19BrO. The monoisotopic (exact) mass is 294 g/mol. The second-order valence-corrected chi connectivity index (χ2v) is 5.80. The van der Waals surface area contributed by atoms with Crippen molar-refractivity contribution in [3.63, 3.8) is 0 Å². The molecule has 17 heavy (non-hydrogen) atoms. The quantitative estimate of drug-likeness (QED) is 0.798. The summed E-state index contributed by atoms with van der Waals surface area (Å²) in [4.78, 5) is 2.05. The number of hydrogen-bond donors (Lipinski definition) is 1. The zero-order chi connectivity index (χ0) is 12.6. The second-order valence-electron chi connectivity index (χ2n) is 5.34. The molecule has 1 saturated carbocycles. The standard InChI is InChI=1S/C15H19BrO/c1-10-4-5-13(14(17)8-10)15(3)7-6-12(9-16)11(15)2/h4-5,8-9,11,17H,6-7H2,1-3H3/t11-,15+/m0/s1. The van der Waals surface area contributed by atoms with Crippen LogP contribution in [-0.2, 0) is 5.41 Å². The van der Waals surface area contributed by atoms with Gasteiger partial charge in [0.1, 0.15) is 5.75 Å². The molecule has 0 amide bonds. The lowest BCUT2D eigenvalue weighted by Gasteiger charge is -2.31. The van der Waals surface area contributed by atoms with Gasteiger partial charge in [0.15, 0.2) is 0 Å². The van der Waals surface area contributed by atoms with Gasteiger partial charge >= 0.3 is 0 Å². The molecule has 1 aliphatic carbocycles. The first-order valence-electron chi connectivity index (χ1n) is 6.08. The summed E-state index contributed by atoms with van der Waals surface area (Å²) in [5.41, 5.74) is 3.68. The van der Waals surface area contributed by atoms with E-state index in [4.69, 9.17) is 0 Å². The first kappa shape index (κ1) is 12.7. The molecule has 92 valence electrons. The fourth-order valence-corrected chi connectivity index (χ4v) is 3.51. The van der Waals surface area contributed by atoms with Crippen LogP contribution in [0.1, 0.15) is 37.8 Å². The first-order chi connectivity index (χ1) is 7.99. The highest BCUT2D eigenvalue weighted by Crippen LogP contribution is 2.50. The van der Waals surface area contributed by atoms with Gasteiger partial charge in [-0.1, -0.05) is 47.5 Å². The lowest BCUT2D eigenvalue weighted by molar-refractivity contribution is 0.369. The molecule has 0 unspecified atom stereocenters. The Hall–Kier alpha value is -0.760. The molecular weight excluding hydrogens is 276 g/mol. The molecule has 1 fully saturated rings. The van der Waals surface area contributed by atoms with Crippen LogP contribution in [0.25, 0.3) is 0 Å². The number of phenols is 1. The van der Waals surface area contributed by atoms with Crippen LogP contribution in [0.5, 0.6) is 5.75 Å². The van der Waals surface area contributed by atoms with Gasteiger partial charge in [-0.3, -0.25) is 0 Å². The smallest absolute Gasteiger partial charge is 0.119 e. The predicted octanol–water partition coefficient (Wildman–Crippen LogP) is 4.67. The van der Waals surface area contributed by atoms with E-state index in [1.807, 2.05) is 18.0 Å². The number of allylic oxidation sites excluding steroid dienone is 1. The zero-order valence-electron chi connectivity index (χ0n) is 10.6. The minimum absolute atomic E-state index is 0.0530. The van der Waals surface area contributed by atoms with Crippen LogP contribution in [0.2, 0.25) is 0 Å². The molecule has 0 spiro atoms. The zero-order valence-corrected chi connectivity index (χ0v) is 12.2. The molecule has 0 aromatic heterocycles. The highest BCUT2D eigenvalue weighted by Gasteiger charge is 2.41. The summed E-state index contributed by atoms with van der Waals surface area (Å²) in [6.07, 6.45) is 2.21. The minimum Gasteiger partial charge on any atom is -0.508 e. The van der Waals surface area contributed by atoms with Crippen molar-refractivity contribution in [2.75, 3.05) is 0 Å². The van der Waals surface area contributed by atoms with Gasteiger partial charge in [0.2, 0.25) is 0 Å². The van der Waals surface area contributed by atoms with E-state index in [0.717, 1.165) is 24.0 Å². The van der Waals surface area contributed by atoms with E-state index in [9.17, 15) is 5.11 Å². The summed E-state index contributed by atoms with van der Waals surface area (Å²) in [6.45, 7) is 6.51. The van der Waals surface area contributed by atoms with Gasteiger partial charge in [-0.25, -0.2) is 0 Å². The third-order valence-electron chi connectivity index (χ3n) is 4.35. The van der Waals surface area contributed by atoms with E-state index in [1.165, 1.54) is 5.57 Å². The third-order valence-corrected chi connectivity index (χ3v) is 4.94. The van der Waals surface area contributed by atoms with Gasteiger partial charge in [0.25, 0.3) is 0 Å². The summed E-state index contributed by atoms with van der Waals surface area (Å²) >= 11 is 3.45. The second kappa shape index (κ2) is 4.49. The van der Waals surface area contributed by atoms with Crippen LogP contribution in [0.3, 0.4) is 0 Å². The highest BCUT2D eigenvalue weighted by molar-refractivity contribution is 9.11. The van der Waals surface area contributed by atoms with Gasteiger partial charge in [-0.05, 0) is 42.3 Å². The van der Waals surface area contributed by atoms with Crippen molar-refractivity contribution >= 4 is 15.9 Å². The van der Waals surface area contributed by atoms with Crippen molar-refractivity contribution in [3.05, 3.63) is 39.9 Å². The number of aromatic hydroxyl groups is 1. The fourth-order valence-electron chi connectivity index (χ4n) is 2.89. The lowest BCUT2D eigenvalue weighted by Crippen LogP contribution is -2.25. The van der Waals surface area contributed by atoms with Gasteiger partial charge < -0.3 is 5.11 Å². The van der Waals surface area contributed by atoms with E-state index in [-0.39, 0.29) is 5.41 Å². The molecule has 1 aromatic carbocycles. The molecule has 0 radical (unpaired) electrons. The Bertz CT molecular complexity index is 464. The molecule has 0 saturated heterocycles. The van der Waals surface area contributed by atoms with Crippen LogP contribution >= 0.6 is 15.9 Å². The minimum atomic E-state index is 0.0530. The lowest BCUT2D eigenvalue weighted by atomic mass is 9.73. The summed E-state index contributed by atoms with van der Waals surface area (Å²) in [5, 5.41) is 10.2. The van der Waals surface area contributed by atoms with Gasteiger partial charge in [0.05, 0.1) is 0 Å². The van der Waals surface area contributed by atoms with Gasteiger partial charge in [-0.15, -0.1) is 0 Å². The molecule has 1 aliphatic rings. The maximum atomic E-state index is 10.2. The van der Waals surface area contributed by atoms with Crippen molar-refractivity contribution in [2.24, 2.45) is 5.92 Å². The fraction of sp³-hybridized carbons (Fsp3) is 0.467. The van der Waals surface area contributed by atoms with Crippen LogP contribution in [0, 0.1) is 12.8 Å². The normalized spacial score (nSPS) is 31.1. The summed E-state index contributed by atoms with van der Waals surface area (Å²) < 4.78 is 0. The van der Waals surface area contributed by atoms with E-state index < -0.39 is 0 Å². The molecule has 2 heteroatoms. The Kier molecular flexibility index (Phi) is 3.35. The topological polar surface area (TPSA) is 20.2 Å². The maximum absolute atomic E-state index is 10.2. The van der Waals surface area contributed by atoms with E-state index in [2.05, 4.69) is 41.9 Å². The molecule has 2 atom stereocenters. The number of hydrogen-bond acceptors (Lipinski definition) is 1. The molecule has 0 aliphatic heterocycles. The van der Waals surface area contributed by atoms with E-state index in [1.54, 1.807) is 0 Å². The SMILES string of the molecule is Cc1ccc([C@]2(C)CCC(=CBr)[C@@H]2C)c(O)c1. The first-order valence-corrected chi connectivity index (χ1v) is 7.00. The van der Waals surface area contributed by atoms with Crippen LogP contribution in [0.4, 0.5) is 0 Å². The van der Waals surface area contributed by atoms with E-state index in [0.29, 0.717) is 11.7 Å². The highest BCUT2D eigenvalue weighted by atomic mass is 79.9. The number of phenolic OH excluding ortho intramolecular Hbond substituents is 1. The van der Waals surface area contributed by atoms with Crippen molar-refractivity contribution in [1.82, 2.24) is 0 Å². The molecule has 1 N–H and O–H groups in total. The molecule has 0 heterocycles. The Morgan fingerprint density at radius 3 is 2.71 bits per heavy atom. The number of aryl methyl sites for hydroxylation is 1. The average molecular weight is 295 g/mol. The summed E-state index contributed by atoms with van der Waals surface area (Å²) in [5.74, 6) is 0.908. The molecule has 2 rings (SSSR count). The van der Waals surface area contributed by atoms with Crippen molar-refractivity contribution in [3.8, 4) is 5.75 Å². The number of benzene rings is 1. The van der Waals surface area contributed by atoms with Crippen molar-refractivity contribution in [2.45, 2.75) is 39.0 Å². The predicted molar refractivity (Wildman–Crippen MR) is 75.6 cm³/mol. The van der Waals surface area contributed by atoms with Gasteiger partial charge in [0, 0.05) is 11.0 Å². The number of rotatable bonds is 1. The average Bonchev–Trinajstić information content (AvgIpc) is 2.56. The molecule has 1 aromatic rings. The Morgan fingerprint density at radius 1 is 1.47 bits per heavy atom. The van der Waals surface area contributed by atoms with Crippen LogP contribution < -0.4 is 0 Å². The molecule has 1 nitrogen and oxygen atoms in total. The van der Waals surface area contributed by atoms with Crippen LogP contribution in [-0.4, -0.2) is 5.11 Å². The van der Waals surface area contributed by atoms with Crippen molar-refractivity contribution in [1.29, 1.82) is 0 Å². The van der Waals surface area contributed by atoms with Crippen LogP contribution in [0.15, 0.2) is 28.8 Å². The Morgan fingerprint density at radius 2 is 2.18 bits per heavy atom. The van der Waals surface area contributed by atoms with Crippen molar-refractivity contribution < 1.29 is 5.11 Å². The summed E-state index contributed by atoms with van der Waals surface area (Å²) in [6, 6.07) is 6.03. The maximum Gasteiger partial charge on any atom is 0.119 e. The van der Waals surface area contributed by atoms with Gasteiger partial charge in [-0.2, -0.15) is 0 Å². The van der Waals surface area contributed by atoms with E-state index >= 15 is 0 Å². The largest absolute Gasteiger partial charge is 0.508 e. The Balaban J connectivity index is 2.46. The number of halogens is 1.